The second-order valence-corrected chi connectivity index (χ2v) is 6.39. The Balaban J connectivity index is 2.25. The maximum Gasteiger partial charge on any atom is 0.305 e. The molecule has 6 heteroatoms. The van der Waals surface area contributed by atoms with Crippen LogP contribution in [-0.4, -0.2) is 29.7 Å². The molecule has 18 heavy (non-hydrogen) atoms. The molecule has 1 heterocycles. The molecule has 2 rings (SSSR count). The molecule has 1 aliphatic rings. The molecule has 0 saturated carbocycles. The van der Waals surface area contributed by atoms with Gasteiger partial charge in [-0.05, 0) is 56.5 Å². The lowest BCUT2D eigenvalue weighted by atomic mass is 9.88. The molecule has 98 valence electrons. The van der Waals surface area contributed by atoms with Crippen molar-refractivity contribution in [3.8, 4) is 0 Å². The summed E-state index contributed by atoms with van der Waals surface area (Å²) in [6.07, 6.45) is 0.104. The van der Waals surface area contributed by atoms with Crippen molar-refractivity contribution in [1.29, 1.82) is 0 Å². The molecule has 4 nitrogen and oxygen atoms in total. The molecule has 0 aliphatic carbocycles. The molecule has 0 spiro atoms. The summed E-state index contributed by atoms with van der Waals surface area (Å²) < 4.78 is 1.87. The number of hydrogen-bond donors (Lipinski definition) is 3. The number of aliphatic carboxylic acids is 1. The molecular formula is C12H14Br2N2O2. The van der Waals surface area contributed by atoms with Gasteiger partial charge in [0.2, 0.25) is 0 Å². The minimum atomic E-state index is -0.789. The molecule has 3 N–H and O–H groups in total. The first-order valence-corrected chi connectivity index (χ1v) is 7.17. The van der Waals surface area contributed by atoms with E-state index >= 15 is 0 Å². The zero-order valence-corrected chi connectivity index (χ0v) is 13.1. The van der Waals surface area contributed by atoms with Crippen LogP contribution in [0.25, 0.3) is 0 Å². The van der Waals surface area contributed by atoms with Gasteiger partial charge in [-0.1, -0.05) is 0 Å². The quantitative estimate of drug-likeness (QED) is 0.755. The Morgan fingerprint density at radius 2 is 2.00 bits per heavy atom. The Bertz CT molecular complexity index is 464. The van der Waals surface area contributed by atoms with E-state index in [1.165, 1.54) is 0 Å². The summed E-state index contributed by atoms with van der Waals surface area (Å²) in [4.78, 5) is 10.9. The van der Waals surface area contributed by atoms with Crippen molar-refractivity contribution in [2.75, 3.05) is 18.4 Å². The molecular weight excluding hydrogens is 364 g/mol. The molecule has 1 aromatic rings. The van der Waals surface area contributed by atoms with E-state index in [4.69, 9.17) is 5.11 Å². The van der Waals surface area contributed by atoms with Crippen molar-refractivity contribution in [3.63, 3.8) is 0 Å². The van der Waals surface area contributed by atoms with Gasteiger partial charge in [0.15, 0.2) is 0 Å². The fourth-order valence-electron chi connectivity index (χ4n) is 2.06. The van der Waals surface area contributed by atoms with Crippen LogP contribution in [-0.2, 0) is 4.79 Å². The van der Waals surface area contributed by atoms with Crippen molar-refractivity contribution in [1.82, 2.24) is 5.32 Å². The van der Waals surface area contributed by atoms with Gasteiger partial charge in [0.1, 0.15) is 0 Å². The van der Waals surface area contributed by atoms with E-state index in [2.05, 4.69) is 42.5 Å². The van der Waals surface area contributed by atoms with Crippen LogP contribution in [0.1, 0.15) is 12.0 Å². The van der Waals surface area contributed by atoms with E-state index in [-0.39, 0.29) is 6.42 Å². The molecule has 1 fully saturated rings. The average molecular weight is 378 g/mol. The van der Waals surface area contributed by atoms with Gasteiger partial charge in [0.25, 0.3) is 0 Å². The monoisotopic (exact) mass is 376 g/mol. The molecule has 1 aliphatic heterocycles. The standard InChI is InChI=1S/C12H14Br2N2O2/c1-7-2-8(13)11(9(14)3-7)16-12(4-10(17)18)5-15-6-12/h2-3,15-16H,4-6H2,1H3,(H,17,18). The summed E-state index contributed by atoms with van der Waals surface area (Å²) in [6, 6.07) is 4.02. The first-order chi connectivity index (χ1) is 8.42. The van der Waals surface area contributed by atoms with Gasteiger partial charge in [-0.15, -0.1) is 0 Å². The van der Waals surface area contributed by atoms with Crippen molar-refractivity contribution in [3.05, 3.63) is 26.6 Å². The van der Waals surface area contributed by atoms with Gasteiger partial charge in [0, 0.05) is 22.0 Å². The van der Waals surface area contributed by atoms with Crippen LogP contribution in [0.15, 0.2) is 21.1 Å². The number of hydrogen-bond acceptors (Lipinski definition) is 3. The van der Waals surface area contributed by atoms with Crippen LogP contribution in [0, 0.1) is 6.92 Å². The lowest BCUT2D eigenvalue weighted by Crippen LogP contribution is -2.65. The van der Waals surface area contributed by atoms with Crippen molar-refractivity contribution in [2.45, 2.75) is 18.9 Å². The highest BCUT2D eigenvalue weighted by Crippen LogP contribution is 2.35. The third-order valence-corrected chi connectivity index (χ3v) is 4.24. The third-order valence-electron chi connectivity index (χ3n) is 2.99. The Hall–Kier alpha value is -0.590. The summed E-state index contributed by atoms with van der Waals surface area (Å²) in [6.45, 7) is 3.33. The fraction of sp³-hybridized carbons (Fsp3) is 0.417. The molecule has 0 amide bonds. The van der Waals surface area contributed by atoms with Crippen LogP contribution < -0.4 is 10.6 Å². The predicted molar refractivity (Wildman–Crippen MR) is 78.1 cm³/mol. The highest BCUT2D eigenvalue weighted by Gasteiger charge is 2.39. The van der Waals surface area contributed by atoms with Gasteiger partial charge in [-0.2, -0.15) is 0 Å². The summed E-state index contributed by atoms with van der Waals surface area (Å²) in [5.74, 6) is -0.789. The molecule has 0 aromatic heterocycles. The number of rotatable bonds is 4. The van der Waals surface area contributed by atoms with E-state index in [0.717, 1.165) is 20.2 Å². The number of halogens is 2. The van der Waals surface area contributed by atoms with E-state index in [1.807, 2.05) is 19.1 Å². The zero-order chi connectivity index (χ0) is 13.3. The Morgan fingerprint density at radius 3 is 2.39 bits per heavy atom. The average Bonchev–Trinajstić information content (AvgIpc) is 2.18. The van der Waals surface area contributed by atoms with Gasteiger partial charge in [-0.25, -0.2) is 0 Å². The number of aryl methyl sites for hydroxylation is 1. The predicted octanol–water partition coefficient (Wildman–Crippen LogP) is 2.75. The van der Waals surface area contributed by atoms with E-state index < -0.39 is 11.5 Å². The van der Waals surface area contributed by atoms with Crippen molar-refractivity contribution >= 4 is 43.5 Å². The largest absolute Gasteiger partial charge is 0.481 e. The molecule has 1 saturated heterocycles. The van der Waals surface area contributed by atoms with Gasteiger partial charge < -0.3 is 15.7 Å². The zero-order valence-electron chi connectivity index (χ0n) is 9.89. The minimum Gasteiger partial charge on any atom is -0.481 e. The maximum absolute atomic E-state index is 10.9. The van der Waals surface area contributed by atoms with E-state index in [1.54, 1.807) is 0 Å². The number of carboxylic acid groups (broad SMARTS) is 1. The topological polar surface area (TPSA) is 61.4 Å². The normalized spacial score (nSPS) is 17.1. The number of benzene rings is 1. The van der Waals surface area contributed by atoms with E-state index in [9.17, 15) is 4.79 Å². The van der Waals surface area contributed by atoms with E-state index in [0.29, 0.717) is 13.1 Å². The summed E-state index contributed by atoms with van der Waals surface area (Å²) in [5, 5.41) is 15.5. The second-order valence-electron chi connectivity index (χ2n) is 4.68. The lowest BCUT2D eigenvalue weighted by Gasteiger charge is -2.43. The summed E-state index contributed by atoms with van der Waals surface area (Å²) >= 11 is 7.02. The van der Waals surface area contributed by atoms with Crippen LogP contribution >= 0.6 is 31.9 Å². The van der Waals surface area contributed by atoms with Gasteiger partial charge in [-0.3, -0.25) is 4.79 Å². The van der Waals surface area contributed by atoms with Crippen molar-refractivity contribution in [2.24, 2.45) is 0 Å². The maximum atomic E-state index is 10.9. The Labute approximate surface area is 122 Å². The Kier molecular flexibility index (Phi) is 3.99. The van der Waals surface area contributed by atoms with Gasteiger partial charge >= 0.3 is 5.97 Å². The van der Waals surface area contributed by atoms with Crippen LogP contribution in [0.2, 0.25) is 0 Å². The number of nitrogens with one attached hydrogen (secondary N) is 2. The first-order valence-electron chi connectivity index (χ1n) is 5.58. The van der Waals surface area contributed by atoms with Crippen LogP contribution in [0.4, 0.5) is 5.69 Å². The van der Waals surface area contributed by atoms with Crippen LogP contribution in [0.5, 0.6) is 0 Å². The minimum absolute atomic E-state index is 0.104. The third kappa shape index (κ3) is 2.87. The molecule has 0 bridgehead atoms. The second kappa shape index (κ2) is 5.19. The highest BCUT2D eigenvalue weighted by molar-refractivity contribution is 9.11. The molecule has 0 radical (unpaired) electrons. The number of anilines is 1. The summed E-state index contributed by atoms with van der Waals surface area (Å²) in [5.41, 5.74) is 1.65. The Morgan fingerprint density at radius 1 is 1.44 bits per heavy atom. The van der Waals surface area contributed by atoms with Crippen LogP contribution in [0.3, 0.4) is 0 Å². The summed E-state index contributed by atoms with van der Waals surface area (Å²) in [7, 11) is 0. The smallest absolute Gasteiger partial charge is 0.305 e. The number of carbonyl (C=O) groups is 1. The first kappa shape index (κ1) is 13.8. The molecule has 1 aromatic carbocycles. The molecule has 0 unspecified atom stereocenters. The highest BCUT2D eigenvalue weighted by atomic mass is 79.9. The molecule has 0 atom stereocenters. The SMILES string of the molecule is Cc1cc(Br)c(NC2(CC(=O)O)CNC2)c(Br)c1. The lowest BCUT2D eigenvalue weighted by molar-refractivity contribution is -0.138. The van der Waals surface area contributed by atoms with Crippen molar-refractivity contribution < 1.29 is 9.90 Å². The fourth-order valence-corrected chi connectivity index (χ4v) is 3.67. The van der Waals surface area contributed by atoms with Gasteiger partial charge in [0.05, 0.1) is 17.6 Å². The number of carboxylic acids is 1.